The van der Waals surface area contributed by atoms with E-state index in [1.807, 2.05) is 41.1 Å². The quantitative estimate of drug-likeness (QED) is 0.195. The van der Waals surface area contributed by atoms with Crippen molar-refractivity contribution in [2.45, 2.75) is 98.7 Å². The molecule has 6 rings (SSSR count). The van der Waals surface area contributed by atoms with Gasteiger partial charge < -0.3 is 4.42 Å². The monoisotopic (exact) mass is 577 g/mol. The highest BCUT2D eigenvalue weighted by Crippen LogP contribution is 2.45. The number of imidazole rings is 1. The number of hydrogen-bond donors (Lipinski definition) is 0. The Morgan fingerprint density at radius 2 is 1.74 bits per heavy atom. The molecule has 0 spiro atoms. The van der Waals surface area contributed by atoms with Crippen LogP contribution in [0.2, 0.25) is 0 Å². The van der Waals surface area contributed by atoms with Gasteiger partial charge in [0.2, 0.25) is 17.2 Å². The lowest BCUT2D eigenvalue weighted by atomic mass is 9.71. The third-order valence-electron chi connectivity index (χ3n) is 9.45. The predicted molar refractivity (Wildman–Crippen MR) is 174 cm³/mol. The molecule has 5 nitrogen and oxygen atoms in total. The fraction of sp³-hybridized carbons (Fsp3) is 0.447. The van der Waals surface area contributed by atoms with Crippen molar-refractivity contribution in [2.75, 3.05) is 0 Å². The van der Waals surface area contributed by atoms with Gasteiger partial charge in [-0.25, -0.2) is 9.55 Å². The normalized spacial score (nSPS) is 18.1. The van der Waals surface area contributed by atoms with Crippen LogP contribution in [0.25, 0.3) is 39.3 Å². The zero-order valence-corrected chi connectivity index (χ0v) is 26.7. The van der Waals surface area contributed by atoms with Crippen molar-refractivity contribution in [1.82, 2.24) is 9.38 Å². The van der Waals surface area contributed by atoms with Gasteiger partial charge in [-0.2, -0.15) is 5.26 Å². The van der Waals surface area contributed by atoms with E-state index in [4.69, 9.17) is 13.5 Å². The molecular formula is C38H45N4O+. The molecule has 5 heteroatoms. The summed E-state index contributed by atoms with van der Waals surface area (Å²) in [6.45, 7) is 12.7. The average molecular weight is 578 g/mol. The number of pyridine rings is 1. The fourth-order valence-corrected chi connectivity index (χ4v) is 6.84. The third kappa shape index (κ3) is 4.85. The number of fused-ring (bicyclic) bond motifs is 3. The van der Waals surface area contributed by atoms with Gasteiger partial charge in [-0.05, 0) is 90.9 Å². The molecule has 0 radical (unpaired) electrons. The van der Waals surface area contributed by atoms with Gasteiger partial charge in [-0.1, -0.05) is 65.8 Å². The summed E-state index contributed by atoms with van der Waals surface area (Å²) < 4.78 is 45.3. The van der Waals surface area contributed by atoms with Crippen LogP contribution < -0.4 is 4.57 Å². The average Bonchev–Trinajstić information content (AvgIpc) is 3.55. The number of aryl methyl sites for hydroxylation is 3. The summed E-state index contributed by atoms with van der Waals surface area (Å²) in [5.41, 5.74) is 9.17. The van der Waals surface area contributed by atoms with Crippen molar-refractivity contribution in [3.63, 3.8) is 0 Å². The number of oxazole rings is 1. The Labute approximate surface area is 261 Å². The van der Waals surface area contributed by atoms with E-state index in [2.05, 4.69) is 65.8 Å². The van der Waals surface area contributed by atoms with Gasteiger partial charge in [0.1, 0.15) is 18.8 Å². The van der Waals surface area contributed by atoms with Gasteiger partial charge in [0.05, 0.1) is 11.1 Å². The van der Waals surface area contributed by atoms with Gasteiger partial charge in [0, 0.05) is 22.7 Å². The second-order valence-electron chi connectivity index (χ2n) is 13.7. The van der Waals surface area contributed by atoms with Gasteiger partial charge in [-0.15, -0.1) is 0 Å². The molecule has 0 amide bonds. The molecule has 0 atom stereocenters. The molecule has 222 valence electrons. The molecule has 1 fully saturated rings. The Morgan fingerprint density at radius 1 is 1.07 bits per heavy atom. The van der Waals surface area contributed by atoms with Gasteiger partial charge in [-0.3, -0.25) is 4.40 Å². The van der Waals surface area contributed by atoms with Crippen LogP contribution in [-0.2, 0) is 7.05 Å². The lowest BCUT2D eigenvalue weighted by Crippen LogP contribution is -2.32. The molecule has 0 saturated heterocycles. The predicted octanol–water partition coefficient (Wildman–Crippen LogP) is 9.66. The Bertz CT molecular complexity index is 2040. The molecule has 2 aromatic carbocycles. The van der Waals surface area contributed by atoms with E-state index in [9.17, 15) is 6.63 Å². The lowest BCUT2D eigenvalue weighted by Gasteiger charge is -2.34. The second-order valence-corrected chi connectivity index (χ2v) is 13.7. The van der Waals surface area contributed by atoms with E-state index in [1.165, 1.54) is 0 Å². The Kier molecular flexibility index (Phi) is 6.08. The summed E-state index contributed by atoms with van der Waals surface area (Å²) >= 11 is 0. The first-order valence-electron chi connectivity index (χ1n) is 17.5. The molecule has 3 aromatic heterocycles. The fourth-order valence-electron chi connectivity index (χ4n) is 6.84. The van der Waals surface area contributed by atoms with Gasteiger partial charge >= 0.3 is 0 Å². The highest BCUT2D eigenvalue weighted by molar-refractivity contribution is 5.95. The van der Waals surface area contributed by atoms with Crippen LogP contribution in [0.1, 0.15) is 124 Å². The topological polar surface area (TPSA) is 58.1 Å². The highest BCUT2D eigenvalue weighted by Gasteiger charge is 2.32. The maximum absolute atomic E-state index is 10.3. The summed E-state index contributed by atoms with van der Waals surface area (Å²) in [6, 6.07) is 14.5. The number of nitrogens with zero attached hydrogens (tertiary/aromatic N) is 4. The summed E-state index contributed by atoms with van der Waals surface area (Å²) in [4.78, 5) is 4.87. The minimum atomic E-state index is -2.37. The molecule has 1 aliphatic rings. The Morgan fingerprint density at radius 3 is 2.35 bits per heavy atom. The van der Waals surface area contributed by atoms with E-state index < -0.39 is 12.7 Å². The van der Waals surface area contributed by atoms with E-state index in [0.717, 1.165) is 46.4 Å². The summed E-state index contributed by atoms with van der Waals surface area (Å²) in [5.74, 6) is -0.316. The van der Waals surface area contributed by atoms with Gasteiger partial charge in [0.25, 0.3) is 0 Å². The van der Waals surface area contributed by atoms with Crippen LogP contribution in [0.4, 0.5) is 0 Å². The zero-order chi connectivity index (χ0) is 34.2. The minimum Gasteiger partial charge on any atom is -0.435 e. The van der Waals surface area contributed by atoms with Crippen LogP contribution >= 0.6 is 0 Å². The molecule has 1 saturated carbocycles. The minimum absolute atomic E-state index is 0.124. The number of hydrogen-bond acceptors (Lipinski definition) is 3. The van der Waals surface area contributed by atoms with E-state index in [0.29, 0.717) is 40.9 Å². The Hall–Kier alpha value is -3.91. The number of nitriles is 1. The summed E-state index contributed by atoms with van der Waals surface area (Å²) in [6.07, 6.45) is 4.59. The van der Waals surface area contributed by atoms with Crippen molar-refractivity contribution in [1.29, 1.82) is 5.26 Å². The van der Waals surface area contributed by atoms with Crippen LogP contribution in [0.15, 0.2) is 47.0 Å². The first kappa shape index (κ1) is 24.5. The van der Waals surface area contributed by atoms with Gasteiger partial charge in [0.15, 0.2) is 11.8 Å². The largest absolute Gasteiger partial charge is 0.435 e. The van der Waals surface area contributed by atoms with Crippen molar-refractivity contribution in [2.24, 2.45) is 12.5 Å². The molecule has 0 bridgehead atoms. The smallest absolute Gasteiger partial charge is 0.233 e. The first-order chi connectivity index (χ1) is 22.0. The first-order valence-corrected chi connectivity index (χ1v) is 15.5. The zero-order valence-electron chi connectivity index (χ0n) is 30.7. The van der Waals surface area contributed by atoms with Crippen LogP contribution in [0.5, 0.6) is 0 Å². The summed E-state index contributed by atoms with van der Waals surface area (Å²) in [5, 5.41) is 10.3. The lowest BCUT2D eigenvalue weighted by molar-refractivity contribution is -0.660. The Balaban J connectivity index is 1.66. The standard InChI is InChI=1S/C38H45N4O/c1-22(2)27-11-10-12-28(23(3)4)34(27)35-37-42(32(20-39)40-35)30-14-13-24(5)33(36(30)43-37)31-19-29(25(6)21-41(31)9)26-15-17-38(7,8)18-16-26/h10-14,19,21-23,26H,15-18H2,1-9H3/q+1/i6D3,26D. The maximum Gasteiger partial charge on any atom is 0.233 e. The summed E-state index contributed by atoms with van der Waals surface area (Å²) in [7, 11) is 1.85. The van der Waals surface area contributed by atoms with Crippen molar-refractivity contribution < 1.29 is 14.5 Å². The SMILES string of the molecule is [2H]C([2H])([2H])c1c[n+](C)c(-c2c(C)ccc3c2oc2c(-c4c(C(C)C)cccc4C(C)C)nc(C#N)n23)cc1C1([2H])CCC(C)(C)CC1. The molecule has 43 heavy (non-hydrogen) atoms. The molecule has 3 heterocycles. The van der Waals surface area contributed by atoms with Crippen LogP contribution in [-0.4, -0.2) is 9.38 Å². The number of aromatic nitrogens is 3. The van der Waals surface area contributed by atoms with E-state index in [-0.39, 0.29) is 28.6 Å². The molecule has 0 N–H and O–H groups in total. The van der Waals surface area contributed by atoms with Crippen molar-refractivity contribution in [3.05, 3.63) is 76.2 Å². The molecule has 0 aliphatic heterocycles. The van der Waals surface area contributed by atoms with Crippen molar-refractivity contribution >= 4 is 16.8 Å². The molecule has 0 unspecified atom stereocenters. The third-order valence-corrected chi connectivity index (χ3v) is 9.45. The van der Waals surface area contributed by atoms with E-state index >= 15 is 0 Å². The van der Waals surface area contributed by atoms with Crippen LogP contribution in [0.3, 0.4) is 0 Å². The molecule has 1 aliphatic carbocycles. The molecular weight excluding hydrogens is 528 g/mol. The van der Waals surface area contributed by atoms with Crippen molar-refractivity contribution in [3.8, 4) is 28.6 Å². The second kappa shape index (κ2) is 10.7. The number of benzene rings is 2. The number of rotatable bonds is 5. The van der Waals surface area contributed by atoms with Crippen LogP contribution in [0, 0.1) is 30.5 Å². The highest BCUT2D eigenvalue weighted by atomic mass is 16.3. The maximum atomic E-state index is 10.3. The van der Waals surface area contributed by atoms with E-state index in [1.54, 1.807) is 6.20 Å². The molecule has 5 aromatic rings.